The summed E-state index contributed by atoms with van der Waals surface area (Å²) >= 11 is 5.79. The summed E-state index contributed by atoms with van der Waals surface area (Å²) in [5.74, 6) is -0.234. The van der Waals surface area contributed by atoms with Gasteiger partial charge in [-0.3, -0.25) is 14.3 Å². The first kappa shape index (κ1) is 16.8. The Morgan fingerprint density at radius 2 is 2.27 bits per heavy atom. The lowest BCUT2D eigenvalue weighted by atomic mass is 10.1. The van der Waals surface area contributed by atoms with Crippen molar-refractivity contribution >= 4 is 23.4 Å². The molecule has 0 aromatic carbocycles. The van der Waals surface area contributed by atoms with Crippen LogP contribution in [0.25, 0.3) is 0 Å². The minimum atomic E-state index is -0.480. The largest absolute Gasteiger partial charge is 0.352 e. The average molecular weight is 328 g/mol. The van der Waals surface area contributed by atoms with Gasteiger partial charge in [0.2, 0.25) is 11.8 Å². The van der Waals surface area contributed by atoms with Crippen LogP contribution in [-0.2, 0) is 16.1 Å². The van der Waals surface area contributed by atoms with Crippen LogP contribution in [0.4, 0.5) is 0 Å². The van der Waals surface area contributed by atoms with Crippen molar-refractivity contribution in [2.75, 3.05) is 6.54 Å². The van der Waals surface area contributed by atoms with E-state index in [1.54, 1.807) is 15.8 Å². The molecule has 2 amide bonds. The number of halogens is 1. The number of rotatable bonds is 5. The van der Waals surface area contributed by atoms with Crippen molar-refractivity contribution in [1.82, 2.24) is 20.0 Å². The topological polar surface area (TPSA) is 93.3 Å². The summed E-state index contributed by atoms with van der Waals surface area (Å²) in [6, 6.07) is -0.607. The molecule has 2 rings (SSSR count). The fourth-order valence-electron chi connectivity index (χ4n) is 2.59. The minimum absolute atomic E-state index is 0.0347. The Kier molecular flexibility index (Phi) is 5.42. The van der Waals surface area contributed by atoms with Crippen LogP contribution in [0.15, 0.2) is 12.4 Å². The van der Waals surface area contributed by atoms with Gasteiger partial charge in [0.25, 0.3) is 0 Å². The standard InChI is InChI=1S/C14H22ClN5O2/c1-9(2)18-14(22)12-5-11(16)8-20(12)13(21)3-4-19-7-10(15)6-17-19/h6-7,9,11-12H,3-5,8,16H2,1-2H3,(H,18,22)/t11-,12-/m0/s1. The van der Waals surface area contributed by atoms with Crippen LogP contribution in [0.5, 0.6) is 0 Å². The summed E-state index contributed by atoms with van der Waals surface area (Å²) in [5, 5.41) is 7.41. The lowest BCUT2D eigenvalue weighted by Crippen LogP contribution is -2.47. The van der Waals surface area contributed by atoms with E-state index in [0.717, 1.165) is 0 Å². The number of nitrogens with one attached hydrogen (secondary N) is 1. The van der Waals surface area contributed by atoms with Crippen LogP contribution in [0.1, 0.15) is 26.7 Å². The molecule has 22 heavy (non-hydrogen) atoms. The Labute approximate surface area is 134 Å². The number of aryl methyl sites for hydroxylation is 1. The number of amides is 2. The Bertz CT molecular complexity index is 545. The molecule has 2 atom stereocenters. The van der Waals surface area contributed by atoms with E-state index in [4.69, 9.17) is 17.3 Å². The van der Waals surface area contributed by atoms with Gasteiger partial charge in [0.1, 0.15) is 6.04 Å². The predicted octanol–water partition coefficient (Wildman–Crippen LogP) is 0.379. The number of carbonyl (C=O) groups excluding carboxylic acids is 2. The molecule has 1 aromatic rings. The van der Waals surface area contributed by atoms with Crippen molar-refractivity contribution in [3.8, 4) is 0 Å². The third-order valence-corrected chi connectivity index (χ3v) is 3.74. The minimum Gasteiger partial charge on any atom is -0.352 e. The second kappa shape index (κ2) is 7.11. The highest BCUT2D eigenvalue weighted by molar-refractivity contribution is 6.30. The van der Waals surface area contributed by atoms with Gasteiger partial charge in [0, 0.05) is 37.8 Å². The summed E-state index contributed by atoms with van der Waals surface area (Å²) in [7, 11) is 0. The van der Waals surface area contributed by atoms with Gasteiger partial charge in [-0.2, -0.15) is 5.10 Å². The zero-order chi connectivity index (χ0) is 16.3. The van der Waals surface area contributed by atoms with Crippen LogP contribution in [0, 0.1) is 0 Å². The zero-order valence-electron chi connectivity index (χ0n) is 12.8. The van der Waals surface area contributed by atoms with Crippen LogP contribution < -0.4 is 11.1 Å². The van der Waals surface area contributed by atoms with E-state index in [1.807, 2.05) is 13.8 Å². The fraction of sp³-hybridized carbons (Fsp3) is 0.643. The normalized spacial score (nSPS) is 21.4. The van der Waals surface area contributed by atoms with Gasteiger partial charge in [0.15, 0.2) is 0 Å². The number of nitrogens with two attached hydrogens (primary N) is 1. The third kappa shape index (κ3) is 4.20. The second-order valence-electron chi connectivity index (χ2n) is 5.89. The summed E-state index contributed by atoms with van der Waals surface area (Å²) in [5.41, 5.74) is 5.92. The monoisotopic (exact) mass is 327 g/mol. The first-order valence-corrected chi connectivity index (χ1v) is 7.78. The molecule has 0 bridgehead atoms. The van der Waals surface area contributed by atoms with Gasteiger partial charge in [-0.1, -0.05) is 11.6 Å². The van der Waals surface area contributed by atoms with E-state index in [2.05, 4.69) is 10.4 Å². The second-order valence-corrected chi connectivity index (χ2v) is 6.33. The molecule has 1 aromatic heterocycles. The first-order chi connectivity index (χ1) is 10.4. The van der Waals surface area contributed by atoms with Gasteiger partial charge in [-0.25, -0.2) is 0 Å². The molecule has 2 heterocycles. The lowest BCUT2D eigenvalue weighted by Gasteiger charge is -2.24. The van der Waals surface area contributed by atoms with Crippen molar-refractivity contribution in [1.29, 1.82) is 0 Å². The van der Waals surface area contributed by atoms with Gasteiger partial charge < -0.3 is 16.0 Å². The maximum absolute atomic E-state index is 12.4. The van der Waals surface area contributed by atoms with E-state index in [-0.39, 0.29) is 30.3 Å². The van der Waals surface area contributed by atoms with Crippen molar-refractivity contribution in [3.63, 3.8) is 0 Å². The van der Waals surface area contributed by atoms with Gasteiger partial charge in [-0.15, -0.1) is 0 Å². The highest BCUT2D eigenvalue weighted by Crippen LogP contribution is 2.18. The van der Waals surface area contributed by atoms with Crippen LogP contribution in [-0.4, -0.2) is 51.2 Å². The first-order valence-electron chi connectivity index (χ1n) is 7.40. The van der Waals surface area contributed by atoms with Crippen molar-refractivity contribution in [3.05, 3.63) is 17.4 Å². The predicted molar refractivity (Wildman–Crippen MR) is 83.2 cm³/mol. The number of aromatic nitrogens is 2. The number of nitrogens with zero attached hydrogens (tertiary/aromatic N) is 3. The molecule has 0 aliphatic carbocycles. The van der Waals surface area contributed by atoms with Crippen LogP contribution in [0.3, 0.4) is 0 Å². The van der Waals surface area contributed by atoms with Crippen LogP contribution >= 0.6 is 11.6 Å². The lowest BCUT2D eigenvalue weighted by molar-refractivity contribution is -0.138. The number of hydrogen-bond acceptors (Lipinski definition) is 4. The quantitative estimate of drug-likeness (QED) is 0.817. The molecule has 1 aliphatic heterocycles. The molecule has 0 spiro atoms. The Balaban J connectivity index is 1.95. The highest BCUT2D eigenvalue weighted by atomic mass is 35.5. The molecule has 0 unspecified atom stereocenters. The van der Waals surface area contributed by atoms with Crippen molar-refractivity contribution < 1.29 is 9.59 Å². The molecule has 1 saturated heterocycles. The Morgan fingerprint density at radius 1 is 1.55 bits per heavy atom. The Hall–Kier alpha value is -1.60. The van der Waals surface area contributed by atoms with E-state index in [1.165, 1.54) is 6.20 Å². The van der Waals surface area contributed by atoms with Gasteiger partial charge in [-0.05, 0) is 20.3 Å². The maximum Gasteiger partial charge on any atom is 0.243 e. The number of carbonyl (C=O) groups is 2. The average Bonchev–Trinajstić information content (AvgIpc) is 3.01. The molecular formula is C14H22ClN5O2. The number of likely N-dealkylation sites (tertiary alicyclic amines) is 1. The molecule has 122 valence electrons. The molecular weight excluding hydrogens is 306 g/mol. The summed E-state index contributed by atoms with van der Waals surface area (Å²) < 4.78 is 1.61. The van der Waals surface area contributed by atoms with E-state index in [9.17, 15) is 9.59 Å². The molecule has 7 nitrogen and oxygen atoms in total. The molecule has 1 aliphatic rings. The SMILES string of the molecule is CC(C)NC(=O)[C@@H]1C[C@H](N)CN1C(=O)CCn1cc(Cl)cn1. The van der Waals surface area contributed by atoms with Gasteiger partial charge >= 0.3 is 0 Å². The summed E-state index contributed by atoms with van der Waals surface area (Å²) in [6.07, 6.45) is 3.94. The molecule has 3 N–H and O–H groups in total. The van der Waals surface area contributed by atoms with E-state index >= 15 is 0 Å². The smallest absolute Gasteiger partial charge is 0.243 e. The summed E-state index contributed by atoms with van der Waals surface area (Å²) in [6.45, 7) is 4.62. The highest BCUT2D eigenvalue weighted by Gasteiger charge is 2.37. The molecule has 0 saturated carbocycles. The van der Waals surface area contributed by atoms with Gasteiger partial charge in [0.05, 0.1) is 11.2 Å². The van der Waals surface area contributed by atoms with Crippen molar-refractivity contribution in [2.45, 2.75) is 51.4 Å². The van der Waals surface area contributed by atoms with Crippen molar-refractivity contribution in [2.24, 2.45) is 5.73 Å². The zero-order valence-corrected chi connectivity index (χ0v) is 13.6. The maximum atomic E-state index is 12.4. The fourth-order valence-corrected chi connectivity index (χ4v) is 2.74. The summed E-state index contributed by atoms with van der Waals surface area (Å²) in [4.78, 5) is 26.2. The molecule has 8 heteroatoms. The molecule has 1 fully saturated rings. The Morgan fingerprint density at radius 3 is 2.86 bits per heavy atom. The number of hydrogen-bond donors (Lipinski definition) is 2. The van der Waals surface area contributed by atoms with E-state index in [0.29, 0.717) is 24.5 Å². The molecule has 0 radical (unpaired) electrons. The van der Waals surface area contributed by atoms with E-state index < -0.39 is 6.04 Å². The third-order valence-electron chi connectivity index (χ3n) is 3.54. The van der Waals surface area contributed by atoms with Crippen LogP contribution in [0.2, 0.25) is 5.02 Å².